The molecule has 10 heavy (non-hydrogen) atoms. The zero-order valence-electron chi connectivity index (χ0n) is 5.64. The Morgan fingerprint density at radius 3 is 2.20 bits per heavy atom. The standard InChI is InChI=1S/C5H3Cl2N.CH3.Zn/c6-4-1-2-5(7)8-3-4;;/h1-3H;1H3;. The van der Waals surface area contributed by atoms with Crippen molar-refractivity contribution in [3.8, 4) is 0 Å². The topological polar surface area (TPSA) is 12.9 Å². The molecule has 51 valence electrons. The monoisotopic (exact) mass is 226 g/mol. The molecule has 0 atom stereocenters. The number of halogens is 2. The molecule has 0 aliphatic carbocycles. The van der Waals surface area contributed by atoms with Gasteiger partial charge in [-0.1, -0.05) is 23.2 Å². The van der Waals surface area contributed by atoms with E-state index in [1.807, 2.05) is 0 Å². The van der Waals surface area contributed by atoms with Gasteiger partial charge in [0.05, 0.1) is 5.02 Å². The van der Waals surface area contributed by atoms with E-state index in [0.29, 0.717) is 10.2 Å². The molecule has 1 nitrogen and oxygen atoms in total. The summed E-state index contributed by atoms with van der Waals surface area (Å²) < 4.78 is 0. The van der Waals surface area contributed by atoms with Crippen molar-refractivity contribution in [3.63, 3.8) is 0 Å². The van der Waals surface area contributed by atoms with E-state index >= 15 is 0 Å². The van der Waals surface area contributed by atoms with Gasteiger partial charge in [-0.2, -0.15) is 0 Å². The van der Waals surface area contributed by atoms with Gasteiger partial charge >= 0.3 is 23.8 Å². The predicted octanol–water partition coefficient (Wildman–Crippen LogP) is 2.97. The van der Waals surface area contributed by atoms with Crippen molar-refractivity contribution in [1.82, 2.24) is 4.98 Å². The average Bonchev–Trinajstić information content (AvgIpc) is 2.00. The summed E-state index contributed by atoms with van der Waals surface area (Å²) in [7, 11) is 0. The van der Waals surface area contributed by atoms with Crippen molar-refractivity contribution < 1.29 is 18.3 Å². The van der Waals surface area contributed by atoms with Crippen LogP contribution in [0.15, 0.2) is 18.3 Å². The van der Waals surface area contributed by atoms with E-state index in [1.54, 1.807) is 12.1 Å². The number of aromatic nitrogens is 1. The van der Waals surface area contributed by atoms with Gasteiger partial charge in [-0.15, -0.1) is 0 Å². The summed E-state index contributed by atoms with van der Waals surface area (Å²) in [5.41, 5.74) is 2.12. The van der Waals surface area contributed by atoms with Gasteiger partial charge in [-0.05, 0) is 12.1 Å². The van der Waals surface area contributed by atoms with E-state index in [9.17, 15) is 0 Å². The number of hydrogen-bond acceptors (Lipinski definition) is 1. The summed E-state index contributed by atoms with van der Waals surface area (Å²) >= 11 is 12.3. The minimum atomic E-state index is 0.467. The first-order valence-electron chi connectivity index (χ1n) is 2.77. The average molecular weight is 228 g/mol. The summed E-state index contributed by atoms with van der Waals surface area (Å²) in [5.74, 6) is 0. The van der Waals surface area contributed by atoms with Gasteiger partial charge in [0.15, 0.2) is 0 Å². The first kappa shape index (κ1) is 10.4. The summed E-state index contributed by atoms with van der Waals surface area (Å²) in [6.07, 6.45) is 1.50. The molecule has 0 spiro atoms. The zero-order valence-corrected chi connectivity index (χ0v) is 10.1. The Morgan fingerprint density at radius 1 is 1.30 bits per heavy atom. The Balaban J connectivity index is 0.000000371. The quantitative estimate of drug-likeness (QED) is 0.491. The fraction of sp³-hybridized carbons (Fsp3) is 0.167. The van der Waals surface area contributed by atoms with E-state index in [2.05, 4.69) is 10.5 Å². The zero-order chi connectivity index (χ0) is 7.98. The molecule has 0 amide bonds. The van der Waals surface area contributed by atoms with Crippen molar-refractivity contribution in [2.45, 2.75) is 5.52 Å². The minimum absolute atomic E-state index is 0.467. The molecule has 4 heteroatoms. The van der Waals surface area contributed by atoms with Gasteiger partial charge in [0, 0.05) is 6.20 Å². The van der Waals surface area contributed by atoms with E-state index in [-0.39, 0.29) is 0 Å². The summed E-state index contributed by atoms with van der Waals surface area (Å²) in [4.78, 5) is 3.71. The SMILES string of the molecule is Clc1ccc(Cl)nc1.[CH3][Zn]. The van der Waals surface area contributed by atoms with Crippen molar-refractivity contribution in [2.24, 2.45) is 0 Å². The second-order valence-corrected chi connectivity index (χ2v) is 2.12. The fourth-order valence-electron chi connectivity index (χ4n) is 0.358. The molecule has 0 fully saturated rings. The Labute approximate surface area is 80.4 Å². The third kappa shape index (κ3) is 4.21. The van der Waals surface area contributed by atoms with E-state index < -0.39 is 0 Å². The maximum absolute atomic E-state index is 5.49. The molecule has 1 aromatic heterocycles. The molecule has 0 saturated heterocycles. The molecule has 0 aliphatic rings. The molecular weight excluding hydrogens is 222 g/mol. The van der Waals surface area contributed by atoms with Crippen LogP contribution in [0, 0.1) is 0 Å². The van der Waals surface area contributed by atoms with Crippen LogP contribution in [0.25, 0.3) is 0 Å². The van der Waals surface area contributed by atoms with Crippen LogP contribution >= 0.6 is 23.2 Å². The van der Waals surface area contributed by atoms with Crippen LogP contribution in [-0.4, -0.2) is 4.98 Å². The van der Waals surface area contributed by atoms with Crippen LogP contribution in [0.1, 0.15) is 0 Å². The van der Waals surface area contributed by atoms with Crippen LogP contribution in [0.3, 0.4) is 0 Å². The number of pyridine rings is 1. The Kier molecular flexibility index (Phi) is 6.30. The molecule has 1 aromatic rings. The molecule has 1 heterocycles. The summed E-state index contributed by atoms with van der Waals surface area (Å²) in [6, 6.07) is 3.33. The molecule has 0 N–H and O–H groups in total. The number of rotatable bonds is 0. The van der Waals surface area contributed by atoms with Gasteiger partial charge in [0.25, 0.3) is 0 Å². The predicted molar refractivity (Wildman–Crippen MR) is 40.1 cm³/mol. The Morgan fingerprint density at radius 2 is 1.90 bits per heavy atom. The first-order valence-corrected chi connectivity index (χ1v) is 6.49. The van der Waals surface area contributed by atoms with Crippen LogP contribution in [0.5, 0.6) is 0 Å². The van der Waals surface area contributed by atoms with Gasteiger partial charge in [-0.3, -0.25) is 0 Å². The molecule has 0 bridgehead atoms. The van der Waals surface area contributed by atoms with E-state index in [4.69, 9.17) is 23.2 Å². The molecule has 0 saturated carbocycles. The number of nitrogens with zero attached hydrogens (tertiary/aromatic N) is 1. The van der Waals surface area contributed by atoms with Crippen molar-refractivity contribution >= 4 is 23.2 Å². The van der Waals surface area contributed by atoms with Crippen molar-refractivity contribution in [1.29, 1.82) is 0 Å². The van der Waals surface area contributed by atoms with Crippen LogP contribution in [0.2, 0.25) is 15.7 Å². The third-order valence-electron chi connectivity index (χ3n) is 0.691. The number of hydrogen-bond donors (Lipinski definition) is 0. The second-order valence-electron chi connectivity index (χ2n) is 1.30. The van der Waals surface area contributed by atoms with Crippen LogP contribution in [-0.2, 0) is 18.3 Å². The first-order chi connectivity index (χ1) is 4.79. The Bertz CT molecular complexity index is 155. The van der Waals surface area contributed by atoms with Crippen LogP contribution < -0.4 is 0 Å². The molecule has 0 unspecified atom stereocenters. The normalized spacial score (nSPS) is 8.10. The molecule has 1 rings (SSSR count). The second kappa shape index (κ2) is 6.09. The van der Waals surface area contributed by atoms with Gasteiger partial charge < -0.3 is 0 Å². The fourth-order valence-corrected chi connectivity index (χ4v) is 0.581. The van der Waals surface area contributed by atoms with Gasteiger partial charge in [0.1, 0.15) is 5.15 Å². The molecule has 0 radical (unpaired) electrons. The van der Waals surface area contributed by atoms with E-state index in [1.165, 1.54) is 24.5 Å². The van der Waals surface area contributed by atoms with E-state index in [0.717, 1.165) is 0 Å². The summed E-state index contributed by atoms with van der Waals surface area (Å²) in [6.45, 7) is 0. The van der Waals surface area contributed by atoms with Crippen molar-refractivity contribution in [2.75, 3.05) is 0 Å². The summed E-state index contributed by atoms with van der Waals surface area (Å²) in [5, 5.41) is 1.07. The van der Waals surface area contributed by atoms with Gasteiger partial charge in [0.2, 0.25) is 0 Å². The third-order valence-corrected chi connectivity index (χ3v) is 1.14. The Hall–Kier alpha value is 0.353. The van der Waals surface area contributed by atoms with Gasteiger partial charge in [-0.25, -0.2) is 4.98 Å². The molecular formula is C6H6Cl2NZn. The van der Waals surface area contributed by atoms with Crippen LogP contribution in [0.4, 0.5) is 0 Å². The molecule has 0 aliphatic heterocycles. The molecule has 0 aromatic carbocycles. The van der Waals surface area contributed by atoms with Crippen molar-refractivity contribution in [3.05, 3.63) is 28.5 Å². The maximum atomic E-state index is 5.49.